The van der Waals surface area contributed by atoms with Gasteiger partial charge in [0.1, 0.15) is 17.7 Å². The zero-order chi connectivity index (χ0) is 14.9. The molecule has 1 atom stereocenters. The molecule has 0 radical (unpaired) electrons. The third kappa shape index (κ3) is 3.05. The first-order valence-corrected chi connectivity index (χ1v) is 7.49. The van der Waals surface area contributed by atoms with Crippen LogP contribution in [0, 0.1) is 12.7 Å². The van der Waals surface area contributed by atoms with Crippen molar-refractivity contribution in [2.45, 2.75) is 13.0 Å². The van der Waals surface area contributed by atoms with E-state index in [-0.39, 0.29) is 5.82 Å². The number of hydrogen-bond acceptors (Lipinski definition) is 2. The van der Waals surface area contributed by atoms with Crippen LogP contribution in [0.15, 0.2) is 39.3 Å². The molecule has 0 heterocycles. The third-order valence-electron chi connectivity index (χ3n) is 3.06. The van der Waals surface area contributed by atoms with E-state index in [1.165, 1.54) is 12.1 Å². The lowest BCUT2D eigenvalue weighted by atomic mass is 9.99. The minimum atomic E-state index is -0.906. The van der Waals surface area contributed by atoms with Crippen LogP contribution in [0.2, 0.25) is 0 Å². The van der Waals surface area contributed by atoms with Gasteiger partial charge in [0, 0.05) is 14.5 Å². The van der Waals surface area contributed by atoms with Crippen LogP contribution in [0.3, 0.4) is 0 Å². The minimum absolute atomic E-state index is 0.357. The molecular formula is C15H13Br2FO2. The molecule has 0 aliphatic carbocycles. The Kier molecular flexibility index (Phi) is 4.83. The second-order valence-corrected chi connectivity index (χ2v) is 6.12. The summed E-state index contributed by atoms with van der Waals surface area (Å²) >= 11 is 6.71. The number of rotatable bonds is 3. The predicted molar refractivity (Wildman–Crippen MR) is 83.6 cm³/mol. The van der Waals surface area contributed by atoms with E-state index in [4.69, 9.17) is 4.74 Å². The molecule has 5 heteroatoms. The van der Waals surface area contributed by atoms with Crippen molar-refractivity contribution in [2.24, 2.45) is 0 Å². The lowest BCUT2D eigenvalue weighted by Crippen LogP contribution is -2.04. The van der Waals surface area contributed by atoms with Crippen LogP contribution in [0.5, 0.6) is 5.75 Å². The predicted octanol–water partition coefficient (Wildman–Crippen LogP) is 4.75. The van der Waals surface area contributed by atoms with Crippen molar-refractivity contribution in [3.63, 3.8) is 0 Å². The normalized spacial score (nSPS) is 12.3. The van der Waals surface area contributed by atoms with Crippen molar-refractivity contribution in [3.8, 4) is 5.75 Å². The van der Waals surface area contributed by atoms with Gasteiger partial charge in [0.2, 0.25) is 0 Å². The number of ether oxygens (including phenoxy) is 1. The molecule has 2 nitrogen and oxygen atoms in total. The molecule has 1 N–H and O–H groups in total. The molecule has 0 amide bonds. The van der Waals surface area contributed by atoms with Crippen LogP contribution in [0.1, 0.15) is 22.8 Å². The first kappa shape index (κ1) is 15.5. The highest BCUT2D eigenvalue weighted by atomic mass is 79.9. The van der Waals surface area contributed by atoms with E-state index in [0.717, 1.165) is 10.0 Å². The van der Waals surface area contributed by atoms with Crippen LogP contribution < -0.4 is 4.74 Å². The van der Waals surface area contributed by atoms with Gasteiger partial charge >= 0.3 is 0 Å². The highest BCUT2D eigenvalue weighted by molar-refractivity contribution is 9.10. The molecule has 0 aliphatic heterocycles. The summed E-state index contributed by atoms with van der Waals surface area (Å²) in [5, 5.41) is 10.5. The molecule has 0 aromatic heterocycles. The molecular weight excluding hydrogens is 391 g/mol. The fourth-order valence-electron chi connectivity index (χ4n) is 1.95. The van der Waals surface area contributed by atoms with Gasteiger partial charge in [-0.05, 0) is 42.3 Å². The molecule has 0 bridgehead atoms. The van der Waals surface area contributed by atoms with Gasteiger partial charge in [-0.25, -0.2) is 4.39 Å². The van der Waals surface area contributed by atoms with Gasteiger partial charge in [0.25, 0.3) is 0 Å². The van der Waals surface area contributed by atoms with Crippen molar-refractivity contribution in [3.05, 3.63) is 61.8 Å². The lowest BCUT2D eigenvalue weighted by molar-refractivity contribution is 0.213. The van der Waals surface area contributed by atoms with Crippen LogP contribution in [0.25, 0.3) is 0 Å². The molecule has 2 rings (SSSR count). The maximum Gasteiger partial charge on any atom is 0.125 e. The summed E-state index contributed by atoms with van der Waals surface area (Å²) in [4.78, 5) is 0. The quantitative estimate of drug-likeness (QED) is 0.801. The monoisotopic (exact) mass is 402 g/mol. The van der Waals surface area contributed by atoms with Gasteiger partial charge in [0.05, 0.1) is 7.11 Å². The van der Waals surface area contributed by atoms with E-state index in [2.05, 4.69) is 31.9 Å². The maximum absolute atomic E-state index is 13.1. The second kappa shape index (κ2) is 6.24. The summed E-state index contributed by atoms with van der Waals surface area (Å²) in [7, 11) is 1.55. The molecule has 1 unspecified atom stereocenters. The molecule has 0 aliphatic rings. The first-order valence-electron chi connectivity index (χ1n) is 5.91. The van der Waals surface area contributed by atoms with E-state index in [1.807, 2.05) is 19.1 Å². The number of halogens is 3. The van der Waals surface area contributed by atoms with Crippen molar-refractivity contribution in [1.29, 1.82) is 0 Å². The van der Waals surface area contributed by atoms with Crippen LogP contribution in [-0.2, 0) is 0 Å². The van der Waals surface area contributed by atoms with Gasteiger partial charge < -0.3 is 9.84 Å². The first-order chi connectivity index (χ1) is 9.43. The topological polar surface area (TPSA) is 29.5 Å². The highest BCUT2D eigenvalue weighted by Crippen LogP contribution is 2.36. The average molecular weight is 404 g/mol. The summed E-state index contributed by atoms with van der Waals surface area (Å²) in [6.45, 7) is 1.94. The van der Waals surface area contributed by atoms with E-state index < -0.39 is 6.10 Å². The van der Waals surface area contributed by atoms with Crippen molar-refractivity contribution >= 4 is 31.9 Å². The Labute approximate surface area is 133 Å². The average Bonchev–Trinajstić information content (AvgIpc) is 2.40. The van der Waals surface area contributed by atoms with Crippen molar-refractivity contribution in [2.75, 3.05) is 7.11 Å². The molecule has 20 heavy (non-hydrogen) atoms. The molecule has 106 valence electrons. The van der Waals surface area contributed by atoms with E-state index in [9.17, 15) is 9.50 Å². The zero-order valence-electron chi connectivity index (χ0n) is 11.0. The van der Waals surface area contributed by atoms with E-state index >= 15 is 0 Å². The Bertz CT molecular complexity index is 644. The number of aliphatic hydroxyl groups is 1. The van der Waals surface area contributed by atoms with Crippen LogP contribution in [-0.4, -0.2) is 12.2 Å². The summed E-state index contributed by atoms with van der Waals surface area (Å²) in [6.07, 6.45) is -0.906. The van der Waals surface area contributed by atoms with E-state index in [1.54, 1.807) is 13.2 Å². The number of benzene rings is 2. The summed E-state index contributed by atoms with van der Waals surface area (Å²) in [6, 6.07) is 7.86. The van der Waals surface area contributed by atoms with Gasteiger partial charge in [0.15, 0.2) is 0 Å². The van der Waals surface area contributed by atoms with Crippen molar-refractivity contribution in [1.82, 2.24) is 0 Å². The number of methoxy groups -OCH3 is 1. The number of aliphatic hydroxyl groups excluding tert-OH is 1. The fraction of sp³-hybridized carbons (Fsp3) is 0.200. The van der Waals surface area contributed by atoms with Gasteiger partial charge in [-0.3, -0.25) is 0 Å². The summed E-state index contributed by atoms with van der Waals surface area (Å²) in [5.41, 5.74) is 2.22. The smallest absolute Gasteiger partial charge is 0.125 e. The minimum Gasteiger partial charge on any atom is -0.496 e. The Morgan fingerprint density at radius 3 is 2.40 bits per heavy atom. The molecule has 0 fully saturated rings. The highest BCUT2D eigenvalue weighted by Gasteiger charge is 2.19. The van der Waals surface area contributed by atoms with Gasteiger partial charge in [-0.1, -0.05) is 37.9 Å². The largest absolute Gasteiger partial charge is 0.496 e. The Morgan fingerprint density at radius 2 is 1.80 bits per heavy atom. The zero-order valence-corrected chi connectivity index (χ0v) is 14.1. The van der Waals surface area contributed by atoms with Crippen LogP contribution in [0.4, 0.5) is 4.39 Å². The molecule has 0 spiro atoms. The standard InChI is InChI=1S/C15H13Br2FO2/c1-8-5-14(20-2)11(7-12(8)16)15(19)10-4-3-9(18)6-13(10)17/h3-7,15,19H,1-2H3. The van der Waals surface area contributed by atoms with Crippen molar-refractivity contribution < 1.29 is 14.2 Å². The third-order valence-corrected chi connectivity index (χ3v) is 4.60. The SMILES string of the molecule is COc1cc(C)c(Br)cc1C(O)c1ccc(F)cc1Br. The Morgan fingerprint density at radius 1 is 1.10 bits per heavy atom. The van der Waals surface area contributed by atoms with E-state index in [0.29, 0.717) is 21.3 Å². The molecule has 2 aromatic rings. The van der Waals surface area contributed by atoms with Crippen LogP contribution >= 0.6 is 31.9 Å². The van der Waals surface area contributed by atoms with Gasteiger partial charge in [-0.15, -0.1) is 0 Å². The molecule has 2 aromatic carbocycles. The fourth-order valence-corrected chi connectivity index (χ4v) is 2.88. The molecule has 0 saturated heterocycles. The second-order valence-electron chi connectivity index (χ2n) is 4.41. The number of aryl methyl sites for hydroxylation is 1. The Balaban J connectivity index is 2.52. The maximum atomic E-state index is 13.1. The molecule has 0 saturated carbocycles. The summed E-state index contributed by atoms with van der Waals surface area (Å²) in [5.74, 6) is 0.235. The Hall–Kier alpha value is -0.910. The summed E-state index contributed by atoms with van der Waals surface area (Å²) < 4.78 is 19.8. The number of hydrogen-bond donors (Lipinski definition) is 1. The lowest BCUT2D eigenvalue weighted by Gasteiger charge is -2.18. The van der Waals surface area contributed by atoms with Gasteiger partial charge in [-0.2, -0.15) is 0 Å².